The van der Waals surface area contributed by atoms with Crippen LogP contribution in [0.2, 0.25) is 0 Å². The van der Waals surface area contributed by atoms with Crippen molar-refractivity contribution < 1.29 is 9.53 Å². The first-order valence-corrected chi connectivity index (χ1v) is 8.61. The Bertz CT molecular complexity index is 965. The first kappa shape index (κ1) is 18.4. The van der Waals surface area contributed by atoms with Crippen molar-refractivity contribution in [3.8, 4) is 5.75 Å². The Morgan fingerprint density at radius 3 is 2.37 bits per heavy atom. The van der Waals surface area contributed by atoms with Gasteiger partial charge in [-0.05, 0) is 50.1 Å². The second-order valence-electron chi connectivity index (χ2n) is 6.26. The number of amides is 1. The zero-order valence-corrected chi connectivity index (χ0v) is 15.8. The first-order valence-electron chi connectivity index (χ1n) is 8.61. The number of methoxy groups -OCH3 is 1. The predicted molar refractivity (Wildman–Crippen MR) is 107 cm³/mol. The fourth-order valence-electron chi connectivity index (χ4n) is 2.80. The number of para-hydroxylation sites is 3. The molecule has 1 heterocycles. The molecule has 0 unspecified atom stereocenters. The van der Waals surface area contributed by atoms with Gasteiger partial charge in [-0.1, -0.05) is 30.3 Å². The average molecular weight is 362 g/mol. The predicted octanol–water partition coefficient (Wildman–Crippen LogP) is 4.41. The standard InChI is InChI=1S/C21H22N4O2/c1-13-8-7-9-14(2)19(13)25-20(26)17-12-15(3)22-21(24-17)23-16-10-5-6-11-18(16)27-4/h5-12H,1-4H3,(H,25,26)(H,22,23,24). The van der Waals surface area contributed by atoms with Gasteiger partial charge in [0.2, 0.25) is 5.95 Å². The van der Waals surface area contributed by atoms with Gasteiger partial charge < -0.3 is 15.4 Å². The molecule has 0 radical (unpaired) electrons. The van der Waals surface area contributed by atoms with E-state index in [-0.39, 0.29) is 5.91 Å². The molecule has 0 atom stereocenters. The molecule has 2 aromatic carbocycles. The molecule has 0 aliphatic rings. The SMILES string of the molecule is COc1ccccc1Nc1nc(C)cc(C(=O)Nc2c(C)cccc2C)n1. The van der Waals surface area contributed by atoms with E-state index in [0.717, 1.165) is 22.5 Å². The van der Waals surface area contributed by atoms with Gasteiger partial charge in [0.25, 0.3) is 5.91 Å². The molecule has 6 nitrogen and oxygen atoms in total. The van der Waals surface area contributed by atoms with Crippen LogP contribution in [0, 0.1) is 20.8 Å². The summed E-state index contributed by atoms with van der Waals surface area (Å²) in [6.45, 7) is 5.75. The van der Waals surface area contributed by atoms with Gasteiger partial charge in [-0.15, -0.1) is 0 Å². The minimum absolute atomic E-state index is 0.277. The van der Waals surface area contributed by atoms with Crippen LogP contribution in [0.4, 0.5) is 17.3 Å². The summed E-state index contributed by atoms with van der Waals surface area (Å²) >= 11 is 0. The Hall–Kier alpha value is -3.41. The lowest BCUT2D eigenvalue weighted by molar-refractivity contribution is 0.102. The van der Waals surface area contributed by atoms with Crippen molar-refractivity contribution in [1.82, 2.24) is 9.97 Å². The van der Waals surface area contributed by atoms with Crippen LogP contribution in [0.3, 0.4) is 0 Å². The van der Waals surface area contributed by atoms with E-state index in [4.69, 9.17) is 4.74 Å². The average Bonchev–Trinajstić information content (AvgIpc) is 2.64. The zero-order valence-electron chi connectivity index (χ0n) is 15.8. The molecule has 1 aromatic heterocycles. The van der Waals surface area contributed by atoms with E-state index in [2.05, 4.69) is 20.6 Å². The molecular weight excluding hydrogens is 340 g/mol. The van der Waals surface area contributed by atoms with Crippen LogP contribution >= 0.6 is 0 Å². The summed E-state index contributed by atoms with van der Waals surface area (Å²) in [5.41, 5.74) is 4.52. The third-order valence-electron chi connectivity index (χ3n) is 4.16. The van der Waals surface area contributed by atoms with Crippen LogP contribution in [-0.4, -0.2) is 23.0 Å². The van der Waals surface area contributed by atoms with Gasteiger partial charge in [0.05, 0.1) is 12.8 Å². The molecule has 6 heteroatoms. The van der Waals surface area contributed by atoms with Crippen molar-refractivity contribution in [2.75, 3.05) is 17.7 Å². The summed E-state index contributed by atoms with van der Waals surface area (Å²) in [4.78, 5) is 21.5. The molecular formula is C21H22N4O2. The normalized spacial score (nSPS) is 10.4. The molecule has 27 heavy (non-hydrogen) atoms. The molecule has 138 valence electrons. The van der Waals surface area contributed by atoms with Crippen LogP contribution < -0.4 is 15.4 Å². The van der Waals surface area contributed by atoms with Crippen molar-refractivity contribution in [1.29, 1.82) is 0 Å². The van der Waals surface area contributed by atoms with Crippen LogP contribution in [0.1, 0.15) is 27.3 Å². The lowest BCUT2D eigenvalue weighted by Crippen LogP contribution is -2.17. The number of carbonyl (C=O) groups is 1. The molecule has 0 bridgehead atoms. The molecule has 0 aliphatic carbocycles. The van der Waals surface area contributed by atoms with Crippen molar-refractivity contribution >= 4 is 23.2 Å². The Kier molecular flexibility index (Phi) is 5.35. The lowest BCUT2D eigenvalue weighted by Gasteiger charge is -2.13. The Labute approximate surface area is 158 Å². The molecule has 0 fully saturated rings. The molecule has 0 aliphatic heterocycles. The number of hydrogen-bond donors (Lipinski definition) is 2. The first-order chi connectivity index (χ1) is 13.0. The molecule has 1 amide bonds. The minimum Gasteiger partial charge on any atom is -0.495 e. The molecule has 2 N–H and O–H groups in total. The number of aromatic nitrogens is 2. The topological polar surface area (TPSA) is 76.1 Å². The number of rotatable bonds is 5. The highest BCUT2D eigenvalue weighted by atomic mass is 16.5. The molecule has 0 saturated carbocycles. The highest BCUT2D eigenvalue weighted by molar-refractivity contribution is 6.04. The van der Waals surface area contributed by atoms with Gasteiger partial charge in [0.1, 0.15) is 11.4 Å². The van der Waals surface area contributed by atoms with E-state index >= 15 is 0 Å². The van der Waals surface area contributed by atoms with Crippen LogP contribution in [0.25, 0.3) is 0 Å². The smallest absolute Gasteiger partial charge is 0.274 e. The summed E-state index contributed by atoms with van der Waals surface area (Å²) in [5, 5.41) is 6.07. The van der Waals surface area contributed by atoms with E-state index in [0.29, 0.717) is 23.1 Å². The largest absolute Gasteiger partial charge is 0.495 e. The van der Waals surface area contributed by atoms with Crippen molar-refractivity contribution in [2.45, 2.75) is 20.8 Å². The second kappa shape index (κ2) is 7.86. The number of aryl methyl sites for hydroxylation is 3. The van der Waals surface area contributed by atoms with Gasteiger partial charge in [0.15, 0.2) is 0 Å². The second-order valence-corrected chi connectivity index (χ2v) is 6.26. The van der Waals surface area contributed by atoms with E-state index in [1.54, 1.807) is 13.2 Å². The number of nitrogens with one attached hydrogen (secondary N) is 2. The van der Waals surface area contributed by atoms with Gasteiger partial charge in [-0.25, -0.2) is 9.97 Å². The zero-order chi connectivity index (χ0) is 19.4. The van der Waals surface area contributed by atoms with E-state index in [9.17, 15) is 4.79 Å². The number of carbonyl (C=O) groups excluding carboxylic acids is 1. The highest BCUT2D eigenvalue weighted by Crippen LogP contribution is 2.26. The third-order valence-corrected chi connectivity index (χ3v) is 4.16. The van der Waals surface area contributed by atoms with Crippen molar-refractivity contribution in [2.24, 2.45) is 0 Å². The quantitative estimate of drug-likeness (QED) is 0.703. The van der Waals surface area contributed by atoms with E-state index in [1.165, 1.54) is 0 Å². The van der Waals surface area contributed by atoms with Gasteiger partial charge in [-0.2, -0.15) is 0 Å². The number of nitrogens with zero attached hydrogens (tertiary/aromatic N) is 2. The Morgan fingerprint density at radius 1 is 0.963 bits per heavy atom. The summed E-state index contributed by atoms with van der Waals surface area (Å²) in [6.07, 6.45) is 0. The number of ether oxygens (including phenoxy) is 1. The maximum Gasteiger partial charge on any atom is 0.274 e. The van der Waals surface area contributed by atoms with Crippen LogP contribution in [0.15, 0.2) is 48.5 Å². The van der Waals surface area contributed by atoms with Gasteiger partial charge in [0, 0.05) is 11.4 Å². The number of hydrogen-bond acceptors (Lipinski definition) is 5. The summed E-state index contributed by atoms with van der Waals surface area (Å²) in [5.74, 6) is 0.733. The van der Waals surface area contributed by atoms with Crippen molar-refractivity contribution in [3.05, 3.63) is 71.0 Å². The number of anilines is 3. The lowest BCUT2D eigenvalue weighted by atomic mass is 10.1. The number of benzene rings is 2. The minimum atomic E-state index is -0.277. The van der Waals surface area contributed by atoms with Crippen molar-refractivity contribution in [3.63, 3.8) is 0 Å². The molecule has 3 rings (SSSR count). The molecule has 3 aromatic rings. The monoisotopic (exact) mass is 362 g/mol. The highest BCUT2D eigenvalue weighted by Gasteiger charge is 2.14. The maximum atomic E-state index is 12.7. The summed E-state index contributed by atoms with van der Waals surface area (Å²) < 4.78 is 5.33. The maximum absolute atomic E-state index is 12.7. The van der Waals surface area contributed by atoms with Crippen LogP contribution in [-0.2, 0) is 0 Å². The Balaban J connectivity index is 1.88. The van der Waals surface area contributed by atoms with E-state index in [1.807, 2.05) is 63.2 Å². The van der Waals surface area contributed by atoms with Gasteiger partial charge >= 0.3 is 0 Å². The third kappa shape index (κ3) is 4.23. The summed E-state index contributed by atoms with van der Waals surface area (Å²) in [7, 11) is 1.60. The van der Waals surface area contributed by atoms with E-state index < -0.39 is 0 Å². The van der Waals surface area contributed by atoms with Gasteiger partial charge in [-0.3, -0.25) is 4.79 Å². The fraction of sp³-hybridized carbons (Fsp3) is 0.190. The molecule has 0 spiro atoms. The fourth-order valence-corrected chi connectivity index (χ4v) is 2.80. The van der Waals surface area contributed by atoms with Crippen LogP contribution in [0.5, 0.6) is 5.75 Å². The molecule has 0 saturated heterocycles. The Morgan fingerprint density at radius 2 is 1.67 bits per heavy atom. The summed E-state index contributed by atoms with van der Waals surface area (Å²) in [6, 6.07) is 15.0.